The number of carbonyl (C=O) groups is 1. The number of aliphatic hydroxyl groups is 1. The Hall–Kier alpha value is -1.39. The van der Waals surface area contributed by atoms with E-state index in [2.05, 4.69) is 34.9 Å². The predicted octanol–water partition coefficient (Wildman–Crippen LogP) is 1.34. The molecule has 4 heteroatoms. The highest BCUT2D eigenvalue weighted by atomic mass is 16.3. The second-order valence-electron chi connectivity index (χ2n) is 5.04. The molecule has 0 aromatic heterocycles. The maximum absolute atomic E-state index is 10.1. The molecule has 0 saturated carbocycles. The van der Waals surface area contributed by atoms with Crippen LogP contribution in [0.2, 0.25) is 0 Å². The molecular formula is C16H26N2O2. The summed E-state index contributed by atoms with van der Waals surface area (Å²) in [6, 6.07) is 10.5. The summed E-state index contributed by atoms with van der Waals surface area (Å²) >= 11 is 0. The Morgan fingerprint density at radius 3 is 2.55 bits per heavy atom. The summed E-state index contributed by atoms with van der Waals surface area (Å²) < 4.78 is 0. The normalized spacial score (nSPS) is 12.1. The van der Waals surface area contributed by atoms with Crippen LogP contribution in [0.5, 0.6) is 0 Å². The molecule has 4 nitrogen and oxygen atoms in total. The van der Waals surface area contributed by atoms with Gasteiger partial charge in [0.15, 0.2) is 0 Å². The van der Waals surface area contributed by atoms with Crippen LogP contribution in [0.15, 0.2) is 30.3 Å². The van der Waals surface area contributed by atoms with Gasteiger partial charge in [0.2, 0.25) is 6.41 Å². The van der Waals surface area contributed by atoms with Gasteiger partial charge < -0.3 is 15.7 Å². The molecule has 1 atom stereocenters. The molecule has 1 unspecified atom stereocenters. The van der Waals surface area contributed by atoms with Gasteiger partial charge in [-0.15, -0.1) is 0 Å². The molecule has 20 heavy (non-hydrogen) atoms. The van der Waals surface area contributed by atoms with Gasteiger partial charge in [-0.05, 0) is 50.3 Å². The Morgan fingerprint density at radius 1 is 1.10 bits per heavy atom. The van der Waals surface area contributed by atoms with E-state index in [1.807, 2.05) is 6.07 Å². The molecule has 0 aliphatic heterocycles. The molecule has 3 N–H and O–H groups in total. The standard InChI is InChI=1S/C16H26N2O2/c19-13-16(9-12-18-14-20)8-11-17-10-4-7-15-5-2-1-3-6-15/h1-3,5-6,14,16-17,19H,4,7-13H2,(H,18,20). The lowest BCUT2D eigenvalue weighted by molar-refractivity contribution is -0.109. The van der Waals surface area contributed by atoms with Gasteiger partial charge in [-0.1, -0.05) is 30.3 Å². The van der Waals surface area contributed by atoms with Gasteiger partial charge in [-0.25, -0.2) is 0 Å². The van der Waals surface area contributed by atoms with E-state index in [4.69, 9.17) is 0 Å². The first kappa shape index (κ1) is 16.7. The zero-order valence-corrected chi connectivity index (χ0v) is 12.1. The first-order valence-corrected chi connectivity index (χ1v) is 7.39. The summed E-state index contributed by atoms with van der Waals surface area (Å²) in [5.74, 6) is 0.268. The number of hydrogen-bond donors (Lipinski definition) is 3. The highest BCUT2D eigenvalue weighted by Crippen LogP contribution is 2.06. The molecule has 1 rings (SSSR count). The van der Waals surface area contributed by atoms with Crippen molar-refractivity contribution in [2.45, 2.75) is 25.7 Å². The van der Waals surface area contributed by atoms with Crippen LogP contribution in [-0.2, 0) is 11.2 Å². The van der Waals surface area contributed by atoms with Crippen molar-refractivity contribution in [1.82, 2.24) is 10.6 Å². The molecule has 0 heterocycles. The van der Waals surface area contributed by atoms with Crippen molar-refractivity contribution in [3.05, 3.63) is 35.9 Å². The van der Waals surface area contributed by atoms with Crippen LogP contribution in [0.4, 0.5) is 0 Å². The Balaban J connectivity index is 1.99. The predicted molar refractivity (Wildman–Crippen MR) is 81.5 cm³/mol. The van der Waals surface area contributed by atoms with Crippen LogP contribution in [-0.4, -0.2) is 37.8 Å². The van der Waals surface area contributed by atoms with Gasteiger partial charge in [0, 0.05) is 13.2 Å². The average Bonchev–Trinajstić information content (AvgIpc) is 2.50. The number of benzene rings is 1. The molecule has 0 saturated heterocycles. The fourth-order valence-electron chi connectivity index (χ4n) is 2.17. The van der Waals surface area contributed by atoms with Crippen molar-refractivity contribution < 1.29 is 9.90 Å². The number of amides is 1. The maximum Gasteiger partial charge on any atom is 0.207 e. The van der Waals surface area contributed by atoms with E-state index < -0.39 is 0 Å². The van der Waals surface area contributed by atoms with Crippen molar-refractivity contribution in [2.75, 3.05) is 26.2 Å². The third kappa shape index (κ3) is 7.92. The van der Waals surface area contributed by atoms with Crippen molar-refractivity contribution in [3.8, 4) is 0 Å². The SMILES string of the molecule is O=CNCCC(CO)CCNCCCc1ccccc1. The molecule has 1 aromatic carbocycles. The fourth-order valence-corrected chi connectivity index (χ4v) is 2.17. The number of hydrogen-bond acceptors (Lipinski definition) is 3. The molecule has 112 valence electrons. The van der Waals surface area contributed by atoms with Crippen LogP contribution < -0.4 is 10.6 Å². The molecular weight excluding hydrogens is 252 g/mol. The Bertz CT molecular complexity index is 344. The van der Waals surface area contributed by atoms with E-state index in [-0.39, 0.29) is 12.5 Å². The number of carbonyl (C=O) groups excluding carboxylic acids is 1. The quantitative estimate of drug-likeness (QED) is 0.399. The molecule has 1 aromatic rings. The van der Waals surface area contributed by atoms with Gasteiger partial charge in [0.05, 0.1) is 0 Å². The van der Waals surface area contributed by atoms with Gasteiger partial charge in [-0.3, -0.25) is 4.79 Å². The van der Waals surface area contributed by atoms with Gasteiger partial charge in [-0.2, -0.15) is 0 Å². The van der Waals surface area contributed by atoms with Gasteiger partial charge >= 0.3 is 0 Å². The van der Waals surface area contributed by atoms with E-state index in [0.717, 1.165) is 38.8 Å². The first-order valence-electron chi connectivity index (χ1n) is 7.39. The van der Waals surface area contributed by atoms with E-state index >= 15 is 0 Å². The van der Waals surface area contributed by atoms with Crippen LogP contribution in [0, 0.1) is 5.92 Å². The molecule has 0 bridgehead atoms. The zero-order valence-electron chi connectivity index (χ0n) is 12.1. The molecule has 0 spiro atoms. The van der Waals surface area contributed by atoms with Gasteiger partial charge in [0.25, 0.3) is 0 Å². The average molecular weight is 278 g/mol. The van der Waals surface area contributed by atoms with Crippen LogP contribution in [0.1, 0.15) is 24.8 Å². The Morgan fingerprint density at radius 2 is 1.85 bits per heavy atom. The van der Waals surface area contributed by atoms with Crippen molar-refractivity contribution >= 4 is 6.41 Å². The highest BCUT2D eigenvalue weighted by Gasteiger charge is 2.06. The summed E-state index contributed by atoms with van der Waals surface area (Å²) in [5.41, 5.74) is 1.38. The van der Waals surface area contributed by atoms with Crippen molar-refractivity contribution in [2.24, 2.45) is 5.92 Å². The molecule has 0 fully saturated rings. The second-order valence-corrected chi connectivity index (χ2v) is 5.04. The molecule has 0 aliphatic rings. The summed E-state index contributed by atoms with van der Waals surface area (Å²) in [6.45, 7) is 2.75. The lowest BCUT2D eigenvalue weighted by Crippen LogP contribution is -2.23. The lowest BCUT2D eigenvalue weighted by atomic mass is 10.0. The molecule has 0 aliphatic carbocycles. The fraction of sp³-hybridized carbons (Fsp3) is 0.562. The summed E-state index contributed by atoms with van der Waals surface area (Å²) in [4.78, 5) is 10.1. The van der Waals surface area contributed by atoms with Crippen molar-refractivity contribution in [3.63, 3.8) is 0 Å². The third-order valence-corrected chi connectivity index (χ3v) is 3.43. The minimum atomic E-state index is 0.187. The molecule has 1 amide bonds. The lowest BCUT2D eigenvalue weighted by Gasteiger charge is -2.14. The van der Waals surface area contributed by atoms with E-state index in [9.17, 15) is 9.90 Å². The zero-order chi connectivity index (χ0) is 14.5. The van der Waals surface area contributed by atoms with E-state index in [0.29, 0.717) is 13.0 Å². The molecule has 0 radical (unpaired) electrons. The minimum absolute atomic E-state index is 0.187. The van der Waals surface area contributed by atoms with E-state index in [1.54, 1.807) is 0 Å². The minimum Gasteiger partial charge on any atom is -0.396 e. The maximum atomic E-state index is 10.1. The van der Waals surface area contributed by atoms with E-state index in [1.165, 1.54) is 5.56 Å². The second kappa shape index (κ2) is 11.4. The first-order chi connectivity index (χ1) is 9.86. The Kier molecular flexibility index (Phi) is 9.53. The number of aliphatic hydroxyl groups excluding tert-OH is 1. The van der Waals surface area contributed by atoms with Crippen LogP contribution in [0.3, 0.4) is 0 Å². The van der Waals surface area contributed by atoms with Crippen LogP contribution >= 0.6 is 0 Å². The summed E-state index contributed by atoms with van der Waals surface area (Å²) in [7, 11) is 0. The summed E-state index contributed by atoms with van der Waals surface area (Å²) in [5, 5.41) is 15.3. The van der Waals surface area contributed by atoms with Crippen molar-refractivity contribution in [1.29, 1.82) is 0 Å². The smallest absolute Gasteiger partial charge is 0.207 e. The van der Waals surface area contributed by atoms with Crippen LogP contribution in [0.25, 0.3) is 0 Å². The number of aryl methyl sites for hydroxylation is 1. The van der Waals surface area contributed by atoms with Gasteiger partial charge in [0.1, 0.15) is 0 Å². The topological polar surface area (TPSA) is 61.4 Å². The number of nitrogens with one attached hydrogen (secondary N) is 2. The number of rotatable bonds is 12. The largest absolute Gasteiger partial charge is 0.396 e. The monoisotopic (exact) mass is 278 g/mol. The highest BCUT2D eigenvalue weighted by molar-refractivity contribution is 5.45. The summed E-state index contributed by atoms with van der Waals surface area (Å²) in [6.07, 6.45) is 4.71. The Labute approximate surface area is 121 Å². The third-order valence-electron chi connectivity index (χ3n) is 3.43.